The highest BCUT2D eigenvalue weighted by Gasteiger charge is 2.02. The molecule has 4 nitrogen and oxygen atoms in total. The predicted octanol–water partition coefficient (Wildman–Crippen LogP) is 2.44. The Labute approximate surface area is 101 Å². The quantitative estimate of drug-likeness (QED) is 0.392. The molecule has 7 heteroatoms. The first-order valence-corrected chi connectivity index (χ1v) is 8.27. The van der Waals surface area contributed by atoms with Crippen molar-refractivity contribution in [1.82, 2.24) is 0 Å². The number of rotatable bonds is 9. The van der Waals surface area contributed by atoms with Crippen molar-refractivity contribution in [2.24, 2.45) is 0 Å². The summed E-state index contributed by atoms with van der Waals surface area (Å²) in [5.41, 5.74) is 0. The molecule has 0 aliphatic heterocycles. The van der Waals surface area contributed by atoms with Gasteiger partial charge >= 0.3 is 11.9 Å². The molecular weight excluding hydrogens is 256 g/mol. The fourth-order valence-corrected chi connectivity index (χ4v) is 4.25. The van der Waals surface area contributed by atoms with Crippen molar-refractivity contribution in [3.05, 3.63) is 0 Å². The summed E-state index contributed by atoms with van der Waals surface area (Å²) >= 11 is 0. The van der Waals surface area contributed by atoms with Crippen LogP contribution in [0.4, 0.5) is 0 Å². The molecule has 0 aliphatic carbocycles. The van der Waals surface area contributed by atoms with E-state index in [0.29, 0.717) is 24.5 Å². The van der Waals surface area contributed by atoms with Gasteiger partial charge < -0.3 is 9.84 Å². The molecule has 0 rings (SSSR count). The second-order valence-corrected chi connectivity index (χ2v) is 6.88. The van der Waals surface area contributed by atoms with Crippen LogP contribution in [0.3, 0.4) is 0 Å². The third-order valence-electron chi connectivity index (χ3n) is 1.19. The second-order valence-electron chi connectivity index (χ2n) is 2.41. The van der Waals surface area contributed by atoms with E-state index in [0.717, 1.165) is 0 Å². The van der Waals surface area contributed by atoms with E-state index in [1.54, 1.807) is 17.7 Å². The standard InChI is InChI=1S/C8H14O4S3/c1-2-12-8(11)4-6-14-15-13-5-3-7(9)10/h2-6H2,1H3,(H,9,10). The van der Waals surface area contributed by atoms with Gasteiger partial charge in [-0.2, -0.15) is 0 Å². The number of carbonyl (C=O) groups excluding carboxylic acids is 1. The van der Waals surface area contributed by atoms with Crippen molar-refractivity contribution in [3.63, 3.8) is 0 Å². The normalized spacial score (nSPS) is 9.93. The van der Waals surface area contributed by atoms with E-state index in [4.69, 9.17) is 9.84 Å². The van der Waals surface area contributed by atoms with Crippen LogP contribution < -0.4 is 0 Å². The lowest BCUT2D eigenvalue weighted by Gasteiger charge is -2.00. The average molecular weight is 270 g/mol. The van der Waals surface area contributed by atoms with E-state index in [2.05, 4.69) is 0 Å². The van der Waals surface area contributed by atoms with E-state index in [1.165, 1.54) is 20.6 Å². The Morgan fingerprint density at radius 1 is 1.20 bits per heavy atom. The van der Waals surface area contributed by atoms with Crippen molar-refractivity contribution in [1.29, 1.82) is 0 Å². The molecule has 0 aromatic heterocycles. The maximum Gasteiger partial charge on any atom is 0.306 e. The van der Waals surface area contributed by atoms with Gasteiger partial charge in [-0.15, -0.1) is 0 Å². The number of carboxylic acid groups (broad SMARTS) is 1. The van der Waals surface area contributed by atoms with Gasteiger partial charge in [-0.05, 0) is 16.7 Å². The van der Waals surface area contributed by atoms with E-state index < -0.39 is 5.97 Å². The van der Waals surface area contributed by atoms with Crippen LogP contribution in [0.25, 0.3) is 0 Å². The third-order valence-corrected chi connectivity index (χ3v) is 5.43. The van der Waals surface area contributed by atoms with Gasteiger partial charge in [0, 0.05) is 11.5 Å². The molecule has 0 aromatic carbocycles. The summed E-state index contributed by atoms with van der Waals surface area (Å²) in [6, 6.07) is 0. The van der Waals surface area contributed by atoms with Gasteiger partial charge in [0.2, 0.25) is 0 Å². The van der Waals surface area contributed by atoms with Gasteiger partial charge in [0.25, 0.3) is 0 Å². The van der Waals surface area contributed by atoms with Crippen molar-refractivity contribution < 1.29 is 19.4 Å². The topological polar surface area (TPSA) is 63.6 Å². The molecule has 0 atom stereocenters. The number of ether oxygens (including phenoxy) is 1. The Bertz CT molecular complexity index is 198. The molecule has 1 N–H and O–H groups in total. The maximum absolute atomic E-state index is 10.9. The fourth-order valence-electron chi connectivity index (χ4n) is 0.589. The van der Waals surface area contributed by atoms with Crippen molar-refractivity contribution >= 4 is 43.4 Å². The van der Waals surface area contributed by atoms with Gasteiger partial charge in [0.15, 0.2) is 0 Å². The van der Waals surface area contributed by atoms with Crippen LogP contribution in [0.5, 0.6) is 0 Å². The van der Waals surface area contributed by atoms with Crippen LogP contribution in [0.2, 0.25) is 0 Å². The van der Waals surface area contributed by atoms with Crippen LogP contribution in [0, 0.1) is 0 Å². The highest BCUT2D eigenvalue weighted by Crippen LogP contribution is 2.35. The Morgan fingerprint density at radius 2 is 1.80 bits per heavy atom. The zero-order chi connectivity index (χ0) is 11.5. The second kappa shape index (κ2) is 10.5. The molecule has 0 saturated heterocycles. The smallest absolute Gasteiger partial charge is 0.306 e. The largest absolute Gasteiger partial charge is 0.481 e. The van der Waals surface area contributed by atoms with Crippen LogP contribution in [-0.2, 0) is 14.3 Å². The summed E-state index contributed by atoms with van der Waals surface area (Å²) in [5.74, 6) is 0.330. The predicted molar refractivity (Wildman–Crippen MR) is 66.0 cm³/mol. The van der Waals surface area contributed by atoms with Crippen LogP contribution >= 0.6 is 31.4 Å². The summed E-state index contributed by atoms with van der Waals surface area (Å²) in [6.07, 6.45) is 0.584. The van der Waals surface area contributed by atoms with Gasteiger partial charge in [-0.25, -0.2) is 0 Å². The van der Waals surface area contributed by atoms with Crippen LogP contribution in [-0.4, -0.2) is 35.2 Å². The molecule has 0 saturated carbocycles. The number of esters is 1. The fraction of sp³-hybridized carbons (Fsp3) is 0.750. The first-order valence-electron chi connectivity index (χ1n) is 4.45. The van der Waals surface area contributed by atoms with E-state index >= 15 is 0 Å². The average Bonchev–Trinajstić information content (AvgIpc) is 2.16. The van der Waals surface area contributed by atoms with E-state index in [-0.39, 0.29) is 12.4 Å². The molecule has 0 bridgehead atoms. The first kappa shape index (κ1) is 15.0. The molecule has 0 spiro atoms. The summed E-state index contributed by atoms with van der Waals surface area (Å²) in [4.78, 5) is 21.1. The molecule has 0 aromatic rings. The summed E-state index contributed by atoms with van der Waals surface area (Å²) in [7, 11) is 4.56. The molecule has 0 aliphatic rings. The zero-order valence-corrected chi connectivity index (χ0v) is 10.9. The zero-order valence-electron chi connectivity index (χ0n) is 8.43. The van der Waals surface area contributed by atoms with E-state index in [1.807, 2.05) is 0 Å². The lowest BCUT2D eigenvalue weighted by molar-refractivity contribution is -0.142. The Hall–Kier alpha value is -0.0100. The summed E-state index contributed by atoms with van der Waals surface area (Å²) < 4.78 is 4.75. The molecule has 88 valence electrons. The van der Waals surface area contributed by atoms with E-state index in [9.17, 15) is 9.59 Å². The number of aliphatic carboxylic acids is 1. The highest BCUT2D eigenvalue weighted by molar-refractivity contribution is 9.09. The van der Waals surface area contributed by atoms with Crippen molar-refractivity contribution in [3.8, 4) is 0 Å². The van der Waals surface area contributed by atoms with Gasteiger partial charge in [0.1, 0.15) is 0 Å². The van der Waals surface area contributed by atoms with Crippen molar-refractivity contribution in [2.75, 3.05) is 18.1 Å². The molecular formula is C8H14O4S3. The molecule has 0 fully saturated rings. The molecule has 0 heterocycles. The number of carbonyl (C=O) groups is 2. The molecule has 0 radical (unpaired) electrons. The third kappa shape index (κ3) is 11.9. The lowest BCUT2D eigenvalue weighted by Crippen LogP contribution is -2.04. The van der Waals surface area contributed by atoms with Gasteiger partial charge in [0.05, 0.1) is 19.4 Å². The van der Waals surface area contributed by atoms with Crippen LogP contribution in [0.15, 0.2) is 0 Å². The van der Waals surface area contributed by atoms with Crippen LogP contribution in [0.1, 0.15) is 19.8 Å². The lowest BCUT2D eigenvalue weighted by atomic mass is 10.5. The maximum atomic E-state index is 10.9. The summed E-state index contributed by atoms with van der Waals surface area (Å²) in [5, 5.41) is 8.36. The molecule has 0 unspecified atom stereocenters. The Morgan fingerprint density at radius 3 is 2.33 bits per heavy atom. The number of hydrogen-bond donors (Lipinski definition) is 1. The minimum absolute atomic E-state index is 0.177. The van der Waals surface area contributed by atoms with Gasteiger partial charge in [-0.3, -0.25) is 9.59 Å². The number of hydrogen-bond acceptors (Lipinski definition) is 6. The molecule has 15 heavy (non-hydrogen) atoms. The number of carboxylic acids is 1. The minimum Gasteiger partial charge on any atom is -0.481 e. The highest BCUT2D eigenvalue weighted by atomic mass is 33.5. The van der Waals surface area contributed by atoms with Gasteiger partial charge in [-0.1, -0.05) is 21.6 Å². The minimum atomic E-state index is -0.778. The summed E-state index contributed by atoms with van der Waals surface area (Å²) in [6.45, 7) is 2.20. The molecule has 0 amide bonds. The Balaban J connectivity index is 3.11. The SMILES string of the molecule is CCOC(=O)CCSSSCCC(=O)O. The Kier molecular flexibility index (Phi) is 10.5. The first-order chi connectivity index (χ1) is 7.16. The monoisotopic (exact) mass is 270 g/mol. The van der Waals surface area contributed by atoms with Crippen molar-refractivity contribution in [2.45, 2.75) is 19.8 Å².